The molecule has 90 valence electrons. The zero-order valence-corrected chi connectivity index (χ0v) is 10.5. The number of thioether (sulfide) groups is 1. The van der Waals surface area contributed by atoms with Crippen LogP contribution < -0.4 is 5.32 Å². The van der Waals surface area contributed by atoms with Gasteiger partial charge in [-0.3, -0.25) is 9.59 Å². The number of hydrogen-bond donors (Lipinski definition) is 1. The van der Waals surface area contributed by atoms with Crippen molar-refractivity contribution < 1.29 is 9.59 Å². The van der Waals surface area contributed by atoms with Gasteiger partial charge < -0.3 is 5.32 Å². The third kappa shape index (κ3) is 2.52. The first-order valence-electron chi connectivity index (χ1n) is 5.82. The van der Waals surface area contributed by atoms with Crippen molar-refractivity contribution in [2.24, 2.45) is 0 Å². The topological polar surface area (TPSA) is 46.2 Å². The highest BCUT2D eigenvalue weighted by atomic mass is 32.2. The van der Waals surface area contributed by atoms with Crippen LogP contribution in [0, 0.1) is 0 Å². The van der Waals surface area contributed by atoms with Crippen LogP contribution >= 0.6 is 11.8 Å². The van der Waals surface area contributed by atoms with Crippen molar-refractivity contribution in [1.29, 1.82) is 0 Å². The molecule has 17 heavy (non-hydrogen) atoms. The molecule has 1 atom stereocenters. The number of benzene rings is 1. The molecule has 1 N–H and O–H groups in total. The van der Waals surface area contributed by atoms with Crippen LogP contribution in [-0.2, 0) is 9.59 Å². The molecule has 1 unspecified atom stereocenters. The van der Waals surface area contributed by atoms with Gasteiger partial charge in [0.1, 0.15) is 5.92 Å². The van der Waals surface area contributed by atoms with Crippen molar-refractivity contribution >= 4 is 22.8 Å². The van der Waals surface area contributed by atoms with E-state index in [0.29, 0.717) is 6.54 Å². The summed E-state index contributed by atoms with van der Waals surface area (Å²) in [5.41, 5.74) is 0.844. The summed E-state index contributed by atoms with van der Waals surface area (Å²) in [7, 11) is 0. The molecular weight excluding hydrogens is 234 g/mol. The van der Waals surface area contributed by atoms with Crippen LogP contribution in [0.2, 0.25) is 0 Å². The van der Waals surface area contributed by atoms with E-state index in [2.05, 4.69) is 12.2 Å². The van der Waals surface area contributed by atoms with Crippen molar-refractivity contribution in [2.45, 2.75) is 30.6 Å². The Balaban J connectivity index is 2.10. The number of fused-ring (bicyclic) bond motifs is 1. The van der Waals surface area contributed by atoms with E-state index < -0.39 is 5.92 Å². The predicted octanol–water partition coefficient (Wildman–Crippen LogP) is 2.32. The van der Waals surface area contributed by atoms with E-state index in [0.717, 1.165) is 23.3 Å². The molecule has 2 rings (SSSR count). The molecule has 1 aromatic rings. The van der Waals surface area contributed by atoms with Crippen molar-refractivity contribution in [3.8, 4) is 0 Å². The summed E-state index contributed by atoms with van der Waals surface area (Å²) in [6, 6.07) is 7.50. The quantitative estimate of drug-likeness (QED) is 0.658. The summed E-state index contributed by atoms with van der Waals surface area (Å²) in [5.74, 6) is -0.783. The fourth-order valence-corrected chi connectivity index (χ4v) is 2.86. The Kier molecular flexibility index (Phi) is 3.84. The second-order valence-corrected chi connectivity index (χ2v) is 5.08. The van der Waals surface area contributed by atoms with Gasteiger partial charge >= 0.3 is 0 Å². The van der Waals surface area contributed by atoms with Gasteiger partial charge in [0.2, 0.25) is 11.0 Å². The number of hydrogen-bond acceptors (Lipinski definition) is 3. The van der Waals surface area contributed by atoms with Gasteiger partial charge in [-0.25, -0.2) is 0 Å². The van der Waals surface area contributed by atoms with E-state index in [9.17, 15) is 9.59 Å². The van der Waals surface area contributed by atoms with Gasteiger partial charge in [0.05, 0.1) is 0 Å². The Morgan fingerprint density at radius 1 is 1.41 bits per heavy atom. The highest BCUT2D eigenvalue weighted by molar-refractivity contribution is 8.14. The molecule has 1 aliphatic heterocycles. The lowest BCUT2D eigenvalue weighted by atomic mass is 10.00. The molecule has 0 saturated heterocycles. The Morgan fingerprint density at radius 2 is 2.18 bits per heavy atom. The van der Waals surface area contributed by atoms with Crippen molar-refractivity contribution in [1.82, 2.24) is 5.32 Å². The Labute approximate surface area is 105 Å². The van der Waals surface area contributed by atoms with Crippen LogP contribution in [0.3, 0.4) is 0 Å². The largest absolute Gasteiger partial charge is 0.355 e. The first kappa shape index (κ1) is 12.2. The number of carbonyl (C=O) groups excluding carboxylic acids is 2. The molecule has 0 aliphatic carbocycles. The maximum atomic E-state index is 11.9. The van der Waals surface area contributed by atoms with Gasteiger partial charge in [-0.1, -0.05) is 43.3 Å². The van der Waals surface area contributed by atoms with Gasteiger partial charge in [-0.05, 0) is 18.1 Å². The second kappa shape index (κ2) is 5.36. The number of carbonyl (C=O) groups is 2. The lowest BCUT2D eigenvalue weighted by Crippen LogP contribution is -2.31. The maximum absolute atomic E-state index is 11.9. The zero-order chi connectivity index (χ0) is 12.3. The molecule has 0 spiro atoms. The number of unbranched alkanes of at least 4 members (excludes halogenated alkanes) is 1. The summed E-state index contributed by atoms with van der Waals surface area (Å²) in [6.07, 6.45) is 1.98. The molecule has 0 saturated carbocycles. The zero-order valence-electron chi connectivity index (χ0n) is 9.73. The van der Waals surface area contributed by atoms with E-state index in [1.807, 2.05) is 24.3 Å². The molecule has 1 aromatic carbocycles. The smallest absolute Gasteiger partial charge is 0.236 e. The monoisotopic (exact) mass is 249 g/mol. The van der Waals surface area contributed by atoms with E-state index in [4.69, 9.17) is 0 Å². The SMILES string of the molecule is CCCCNC(=O)C1C(=O)Sc2ccccc21. The molecule has 0 bridgehead atoms. The summed E-state index contributed by atoms with van der Waals surface area (Å²) < 4.78 is 0. The Hall–Kier alpha value is -1.29. The maximum Gasteiger partial charge on any atom is 0.236 e. The van der Waals surface area contributed by atoms with Crippen LogP contribution in [0.5, 0.6) is 0 Å². The van der Waals surface area contributed by atoms with Gasteiger partial charge in [0, 0.05) is 11.4 Å². The van der Waals surface area contributed by atoms with Crippen LogP contribution in [0.4, 0.5) is 0 Å². The standard InChI is InChI=1S/C13H15NO2S/c1-2-3-8-14-12(15)11-9-6-4-5-7-10(9)17-13(11)16/h4-7,11H,2-3,8H2,1H3,(H,14,15). The van der Waals surface area contributed by atoms with Crippen LogP contribution in [0.1, 0.15) is 31.2 Å². The predicted molar refractivity (Wildman–Crippen MR) is 68.0 cm³/mol. The Morgan fingerprint density at radius 3 is 2.94 bits per heavy atom. The first-order valence-corrected chi connectivity index (χ1v) is 6.64. The molecular formula is C13H15NO2S. The molecule has 3 nitrogen and oxygen atoms in total. The molecule has 0 aromatic heterocycles. The Bertz CT molecular complexity index is 445. The minimum Gasteiger partial charge on any atom is -0.355 e. The number of nitrogens with one attached hydrogen (secondary N) is 1. The van der Waals surface area contributed by atoms with Crippen LogP contribution in [0.25, 0.3) is 0 Å². The van der Waals surface area contributed by atoms with Crippen LogP contribution in [0.15, 0.2) is 29.2 Å². The average Bonchev–Trinajstić information content (AvgIpc) is 2.65. The van der Waals surface area contributed by atoms with Gasteiger partial charge in [-0.15, -0.1) is 0 Å². The normalized spacial score (nSPS) is 17.9. The first-order chi connectivity index (χ1) is 8.24. The van der Waals surface area contributed by atoms with E-state index in [-0.39, 0.29) is 11.0 Å². The highest BCUT2D eigenvalue weighted by Crippen LogP contribution is 2.40. The lowest BCUT2D eigenvalue weighted by molar-refractivity contribution is -0.126. The summed E-state index contributed by atoms with van der Waals surface area (Å²) in [4.78, 5) is 24.7. The third-order valence-corrected chi connectivity index (χ3v) is 3.80. The molecule has 0 fully saturated rings. The van der Waals surface area contributed by atoms with Crippen molar-refractivity contribution in [3.63, 3.8) is 0 Å². The minimum atomic E-state index is -0.618. The fraction of sp³-hybridized carbons (Fsp3) is 0.385. The summed E-state index contributed by atoms with van der Waals surface area (Å²) in [6.45, 7) is 2.71. The molecule has 0 radical (unpaired) electrons. The third-order valence-electron chi connectivity index (χ3n) is 2.77. The molecule has 1 aliphatic rings. The van der Waals surface area contributed by atoms with Crippen LogP contribution in [-0.4, -0.2) is 17.6 Å². The number of rotatable bonds is 4. The van der Waals surface area contributed by atoms with Crippen molar-refractivity contribution in [3.05, 3.63) is 29.8 Å². The van der Waals surface area contributed by atoms with Gasteiger partial charge in [0.15, 0.2) is 0 Å². The van der Waals surface area contributed by atoms with Gasteiger partial charge in [0.25, 0.3) is 0 Å². The van der Waals surface area contributed by atoms with E-state index in [1.165, 1.54) is 11.8 Å². The molecule has 1 amide bonds. The fourth-order valence-electron chi connectivity index (χ4n) is 1.84. The van der Waals surface area contributed by atoms with E-state index in [1.54, 1.807) is 0 Å². The lowest BCUT2D eigenvalue weighted by Gasteiger charge is -2.09. The molecule has 1 heterocycles. The molecule has 4 heteroatoms. The summed E-state index contributed by atoms with van der Waals surface area (Å²) in [5, 5.41) is 2.75. The average molecular weight is 249 g/mol. The summed E-state index contributed by atoms with van der Waals surface area (Å²) >= 11 is 1.17. The van der Waals surface area contributed by atoms with Gasteiger partial charge in [-0.2, -0.15) is 0 Å². The number of amides is 1. The minimum absolute atomic E-state index is 0.0693. The highest BCUT2D eigenvalue weighted by Gasteiger charge is 2.36. The van der Waals surface area contributed by atoms with E-state index >= 15 is 0 Å². The van der Waals surface area contributed by atoms with Crippen molar-refractivity contribution in [2.75, 3.05) is 6.54 Å². The second-order valence-electron chi connectivity index (χ2n) is 4.04.